The molecule has 0 amide bonds. The maximum atomic E-state index is 9.64. The Morgan fingerprint density at radius 2 is 2.22 bits per heavy atom. The molecule has 0 aliphatic heterocycles. The van der Waals surface area contributed by atoms with Crippen molar-refractivity contribution in [2.24, 2.45) is 0 Å². The third kappa shape index (κ3) is 4.53. The standard InChI is InChI=1S/C18H24N2O2S/c1-3-22-13(2)18-19-15(12-23-18)11-20(16-7-8-16)10-14-5-4-6-17(21)9-14/h4-6,9,12-13,16,21H,3,7-8,10-11H2,1-2H3/t13-/m0/s1. The van der Waals surface area contributed by atoms with E-state index in [1.807, 2.05) is 19.1 Å². The lowest BCUT2D eigenvalue weighted by atomic mass is 10.2. The molecule has 1 atom stereocenters. The molecule has 0 radical (unpaired) electrons. The van der Waals surface area contributed by atoms with E-state index >= 15 is 0 Å². The van der Waals surface area contributed by atoms with Crippen LogP contribution in [0.1, 0.15) is 49.1 Å². The molecule has 1 saturated carbocycles. The fourth-order valence-corrected chi connectivity index (χ4v) is 3.57. The van der Waals surface area contributed by atoms with Crippen molar-refractivity contribution in [1.82, 2.24) is 9.88 Å². The van der Waals surface area contributed by atoms with Gasteiger partial charge in [-0.15, -0.1) is 11.3 Å². The number of hydrogen-bond acceptors (Lipinski definition) is 5. The quantitative estimate of drug-likeness (QED) is 0.790. The van der Waals surface area contributed by atoms with Gasteiger partial charge in [0, 0.05) is 31.1 Å². The van der Waals surface area contributed by atoms with Crippen LogP contribution in [-0.2, 0) is 17.8 Å². The van der Waals surface area contributed by atoms with Crippen molar-refractivity contribution in [3.63, 3.8) is 0 Å². The zero-order valence-electron chi connectivity index (χ0n) is 13.7. The minimum atomic E-state index is 0.0687. The van der Waals surface area contributed by atoms with E-state index < -0.39 is 0 Å². The number of nitrogens with zero attached hydrogens (tertiary/aromatic N) is 2. The van der Waals surface area contributed by atoms with Gasteiger partial charge < -0.3 is 9.84 Å². The summed E-state index contributed by atoms with van der Waals surface area (Å²) in [4.78, 5) is 7.20. The largest absolute Gasteiger partial charge is 0.508 e. The van der Waals surface area contributed by atoms with Crippen LogP contribution < -0.4 is 0 Å². The molecule has 1 aliphatic carbocycles. The maximum absolute atomic E-state index is 9.64. The van der Waals surface area contributed by atoms with Gasteiger partial charge in [0.25, 0.3) is 0 Å². The van der Waals surface area contributed by atoms with Gasteiger partial charge in [0.1, 0.15) is 16.9 Å². The zero-order chi connectivity index (χ0) is 16.2. The van der Waals surface area contributed by atoms with Gasteiger partial charge in [0.2, 0.25) is 0 Å². The molecule has 23 heavy (non-hydrogen) atoms. The number of phenols is 1. The highest BCUT2D eigenvalue weighted by atomic mass is 32.1. The van der Waals surface area contributed by atoms with Gasteiger partial charge in [-0.2, -0.15) is 0 Å². The average molecular weight is 332 g/mol. The molecule has 1 heterocycles. The van der Waals surface area contributed by atoms with Crippen molar-refractivity contribution in [2.45, 2.75) is 51.9 Å². The summed E-state index contributed by atoms with van der Waals surface area (Å²) in [6, 6.07) is 8.18. The minimum absolute atomic E-state index is 0.0687. The monoisotopic (exact) mass is 332 g/mol. The van der Waals surface area contributed by atoms with Gasteiger partial charge in [0.15, 0.2) is 0 Å². The summed E-state index contributed by atoms with van der Waals surface area (Å²) < 4.78 is 5.62. The van der Waals surface area contributed by atoms with Gasteiger partial charge in [0.05, 0.1) is 5.69 Å². The molecule has 2 aromatic rings. The molecule has 1 N–H and O–H groups in total. The average Bonchev–Trinajstić information content (AvgIpc) is 3.26. The van der Waals surface area contributed by atoms with Gasteiger partial charge in [-0.25, -0.2) is 4.98 Å². The van der Waals surface area contributed by atoms with E-state index in [-0.39, 0.29) is 6.10 Å². The Morgan fingerprint density at radius 1 is 1.39 bits per heavy atom. The van der Waals surface area contributed by atoms with Crippen LogP contribution >= 0.6 is 11.3 Å². The molecule has 1 aromatic carbocycles. The van der Waals surface area contributed by atoms with Crippen molar-refractivity contribution in [1.29, 1.82) is 0 Å². The Morgan fingerprint density at radius 3 is 2.91 bits per heavy atom. The Balaban J connectivity index is 1.66. The number of rotatable bonds is 8. The third-order valence-electron chi connectivity index (χ3n) is 4.06. The van der Waals surface area contributed by atoms with E-state index in [2.05, 4.69) is 23.3 Å². The number of thiazole rings is 1. The number of aromatic hydroxyl groups is 1. The molecule has 1 aliphatic rings. The molecule has 3 rings (SSSR count). The molecule has 1 fully saturated rings. The summed E-state index contributed by atoms with van der Waals surface area (Å²) in [6.07, 6.45) is 2.58. The first-order valence-electron chi connectivity index (χ1n) is 8.23. The first-order valence-corrected chi connectivity index (χ1v) is 9.11. The molecule has 124 valence electrons. The summed E-state index contributed by atoms with van der Waals surface area (Å²) >= 11 is 1.68. The highest BCUT2D eigenvalue weighted by Gasteiger charge is 2.29. The van der Waals surface area contributed by atoms with Crippen molar-refractivity contribution in [3.8, 4) is 5.75 Å². The highest BCUT2D eigenvalue weighted by Crippen LogP contribution is 2.31. The number of ether oxygens (including phenoxy) is 1. The van der Waals surface area contributed by atoms with E-state index in [1.54, 1.807) is 17.4 Å². The second-order valence-electron chi connectivity index (χ2n) is 6.08. The van der Waals surface area contributed by atoms with Gasteiger partial charge in [-0.3, -0.25) is 4.90 Å². The summed E-state index contributed by atoms with van der Waals surface area (Å²) in [6.45, 7) is 6.48. The van der Waals surface area contributed by atoms with Crippen molar-refractivity contribution < 1.29 is 9.84 Å². The number of benzene rings is 1. The van der Waals surface area contributed by atoms with Crippen molar-refractivity contribution in [2.75, 3.05) is 6.61 Å². The normalized spacial score (nSPS) is 16.0. The third-order valence-corrected chi connectivity index (χ3v) is 5.11. The van der Waals surface area contributed by atoms with E-state index in [9.17, 15) is 5.11 Å². The van der Waals surface area contributed by atoms with Crippen LogP contribution in [-0.4, -0.2) is 27.6 Å². The predicted molar refractivity (Wildman–Crippen MR) is 92.5 cm³/mol. The fraction of sp³-hybridized carbons (Fsp3) is 0.500. The maximum Gasteiger partial charge on any atom is 0.122 e. The number of aromatic nitrogens is 1. The lowest BCUT2D eigenvalue weighted by molar-refractivity contribution is 0.0760. The fourth-order valence-electron chi connectivity index (χ4n) is 2.75. The van der Waals surface area contributed by atoms with Crippen LogP contribution in [0.15, 0.2) is 29.6 Å². The lowest BCUT2D eigenvalue weighted by Gasteiger charge is -2.21. The van der Waals surface area contributed by atoms with E-state index in [0.29, 0.717) is 18.4 Å². The van der Waals surface area contributed by atoms with Gasteiger partial charge in [-0.1, -0.05) is 12.1 Å². The zero-order valence-corrected chi connectivity index (χ0v) is 14.6. The summed E-state index contributed by atoms with van der Waals surface area (Å²) in [5.74, 6) is 0.333. The van der Waals surface area contributed by atoms with Gasteiger partial charge >= 0.3 is 0 Å². The molecule has 0 spiro atoms. The first kappa shape index (κ1) is 16.4. The van der Waals surface area contributed by atoms with Crippen LogP contribution in [0, 0.1) is 0 Å². The van der Waals surface area contributed by atoms with E-state index in [1.165, 1.54) is 12.8 Å². The van der Waals surface area contributed by atoms with Crippen LogP contribution in [0.3, 0.4) is 0 Å². The molecule has 0 bridgehead atoms. The Hall–Kier alpha value is -1.43. The molecule has 5 heteroatoms. The van der Waals surface area contributed by atoms with Crippen LogP contribution in [0.4, 0.5) is 0 Å². The first-order chi connectivity index (χ1) is 11.2. The van der Waals surface area contributed by atoms with Crippen molar-refractivity contribution in [3.05, 3.63) is 45.9 Å². The lowest BCUT2D eigenvalue weighted by Crippen LogP contribution is -2.25. The Bertz CT molecular complexity index is 639. The molecule has 0 unspecified atom stereocenters. The molecule has 0 saturated heterocycles. The topological polar surface area (TPSA) is 45.6 Å². The Labute approximate surface area is 141 Å². The summed E-state index contributed by atoms with van der Waals surface area (Å²) in [5.41, 5.74) is 2.26. The highest BCUT2D eigenvalue weighted by molar-refractivity contribution is 7.09. The molecular formula is C18H24N2O2S. The minimum Gasteiger partial charge on any atom is -0.508 e. The molecule has 1 aromatic heterocycles. The second-order valence-corrected chi connectivity index (χ2v) is 6.97. The van der Waals surface area contributed by atoms with Crippen molar-refractivity contribution >= 4 is 11.3 Å². The van der Waals surface area contributed by atoms with Crippen LogP contribution in [0.5, 0.6) is 5.75 Å². The van der Waals surface area contributed by atoms with E-state index in [4.69, 9.17) is 9.72 Å². The number of hydrogen-bond donors (Lipinski definition) is 1. The second kappa shape index (κ2) is 7.43. The smallest absolute Gasteiger partial charge is 0.122 e. The summed E-state index contributed by atoms with van der Waals surface area (Å²) in [5, 5.41) is 12.8. The SMILES string of the molecule is CCO[C@@H](C)c1nc(CN(Cc2cccc(O)c2)C2CC2)cs1. The molecule has 4 nitrogen and oxygen atoms in total. The Kier molecular flexibility index (Phi) is 5.30. The summed E-state index contributed by atoms with van der Waals surface area (Å²) in [7, 11) is 0. The number of phenolic OH excluding ortho intramolecular Hbond substituents is 1. The van der Waals surface area contributed by atoms with Gasteiger partial charge in [-0.05, 0) is 44.4 Å². The van der Waals surface area contributed by atoms with Crippen LogP contribution in [0.2, 0.25) is 0 Å². The molecular weight excluding hydrogens is 308 g/mol. The van der Waals surface area contributed by atoms with Crippen LogP contribution in [0.25, 0.3) is 0 Å². The van der Waals surface area contributed by atoms with E-state index in [0.717, 1.165) is 29.4 Å². The predicted octanol–water partition coefficient (Wildman–Crippen LogP) is 4.11.